The minimum atomic E-state index is -3.55. The molecule has 2 aromatic rings. The van der Waals surface area contributed by atoms with E-state index in [9.17, 15) is 13.7 Å². The number of hydrogen-bond donors (Lipinski definition) is 2. The van der Waals surface area contributed by atoms with Crippen molar-refractivity contribution in [2.45, 2.75) is 50.3 Å². The molecule has 3 rings (SSSR count). The highest BCUT2D eigenvalue weighted by atomic mass is 32.2. The minimum Gasteiger partial charge on any atom is -0.378 e. The largest absolute Gasteiger partial charge is 0.378 e. The summed E-state index contributed by atoms with van der Waals surface area (Å²) in [7, 11) is -3.55. The van der Waals surface area contributed by atoms with Crippen LogP contribution in [0.4, 0.5) is 5.69 Å². The third-order valence-electron chi connectivity index (χ3n) is 5.36. The van der Waals surface area contributed by atoms with E-state index in [4.69, 9.17) is 5.14 Å². The van der Waals surface area contributed by atoms with E-state index < -0.39 is 15.3 Å². The second-order valence-electron chi connectivity index (χ2n) is 8.01. The standard InChI is InChI=1S/C21H25N3O2S/c1-14(27(23,25)26)9-15-5-4-6-17(10-15)20-12-21(2,3)18-11-16(13-22)7-8-19(18)24-20/h4-8,10-11,14,20,24H,9,12H2,1-3H3,(H2,23,25,26). The SMILES string of the molecule is CC(Cc1cccc(C2CC(C)(C)c3cc(C#N)ccc3N2)c1)S(N)(=O)=O. The number of hydrogen-bond acceptors (Lipinski definition) is 4. The number of sulfonamides is 1. The molecule has 142 valence electrons. The molecule has 2 atom stereocenters. The molecule has 27 heavy (non-hydrogen) atoms. The Morgan fingerprint density at radius 3 is 2.70 bits per heavy atom. The Hall–Kier alpha value is -2.36. The number of anilines is 1. The molecule has 0 aliphatic carbocycles. The summed E-state index contributed by atoms with van der Waals surface area (Å²) in [6, 6.07) is 16.1. The van der Waals surface area contributed by atoms with Crippen LogP contribution in [-0.4, -0.2) is 13.7 Å². The van der Waals surface area contributed by atoms with E-state index in [0.717, 1.165) is 28.8 Å². The van der Waals surface area contributed by atoms with Gasteiger partial charge in [0.05, 0.1) is 22.9 Å². The van der Waals surface area contributed by atoms with Gasteiger partial charge in [-0.05, 0) is 60.1 Å². The molecule has 2 aromatic carbocycles. The first kappa shape index (κ1) is 19.4. The Morgan fingerprint density at radius 1 is 1.30 bits per heavy atom. The Morgan fingerprint density at radius 2 is 2.04 bits per heavy atom. The van der Waals surface area contributed by atoms with Crippen molar-refractivity contribution in [1.29, 1.82) is 5.26 Å². The van der Waals surface area contributed by atoms with E-state index in [1.165, 1.54) is 0 Å². The van der Waals surface area contributed by atoms with Crippen molar-refractivity contribution in [2.24, 2.45) is 5.14 Å². The van der Waals surface area contributed by atoms with Crippen molar-refractivity contribution in [1.82, 2.24) is 0 Å². The maximum atomic E-state index is 11.5. The topological polar surface area (TPSA) is 96.0 Å². The van der Waals surface area contributed by atoms with Crippen LogP contribution in [-0.2, 0) is 21.9 Å². The van der Waals surface area contributed by atoms with Crippen molar-refractivity contribution in [3.8, 4) is 6.07 Å². The summed E-state index contributed by atoms with van der Waals surface area (Å²) >= 11 is 0. The molecule has 5 nitrogen and oxygen atoms in total. The average Bonchev–Trinajstić information content (AvgIpc) is 2.60. The van der Waals surface area contributed by atoms with Gasteiger partial charge in [-0.3, -0.25) is 0 Å². The molecule has 1 aliphatic rings. The van der Waals surface area contributed by atoms with Gasteiger partial charge in [0.25, 0.3) is 0 Å². The summed E-state index contributed by atoms with van der Waals surface area (Å²) in [6.07, 6.45) is 1.27. The van der Waals surface area contributed by atoms with Gasteiger partial charge in [0.2, 0.25) is 10.0 Å². The zero-order valence-corrected chi connectivity index (χ0v) is 16.7. The number of benzene rings is 2. The number of nitrogens with two attached hydrogens (primary N) is 1. The Bertz CT molecular complexity index is 1010. The van der Waals surface area contributed by atoms with Crippen LogP contribution in [0.25, 0.3) is 0 Å². The van der Waals surface area contributed by atoms with Gasteiger partial charge in [-0.1, -0.05) is 38.1 Å². The highest BCUT2D eigenvalue weighted by molar-refractivity contribution is 7.89. The fraction of sp³-hybridized carbons (Fsp3) is 0.381. The Balaban J connectivity index is 1.90. The fourth-order valence-electron chi connectivity index (χ4n) is 3.74. The number of primary sulfonamides is 1. The van der Waals surface area contributed by atoms with E-state index in [0.29, 0.717) is 12.0 Å². The summed E-state index contributed by atoms with van der Waals surface area (Å²) in [5.74, 6) is 0. The molecule has 6 heteroatoms. The normalized spacial score (nSPS) is 19.4. The van der Waals surface area contributed by atoms with Crippen LogP contribution in [0.3, 0.4) is 0 Å². The molecular weight excluding hydrogens is 358 g/mol. The van der Waals surface area contributed by atoms with Crippen LogP contribution in [0.15, 0.2) is 42.5 Å². The van der Waals surface area contributed by atoms with Gasteiger partial charge in [0, 0.05) is 5.69 Å². The molecule has 0 bridgehead atoms. The van der Waals surface area contributed by atoms with Gasteiger partial charge in [0.15, 0.2) is 0 Å². The molecule has 1 aliphatic heterocycles. The molecule has 0 aromatic heterocycles. The maximum Gasteiger partial charge on any atom is 0.212 e. The van der Waals surface area contributed by atoms with E-state index in [-0.39, 0.29) is 11.5 Å². The number of nitrogens with zero attached hydrogens (tertiary/aromatic N) is 1. The molecule has 3 N–H and O–H groups in total. The summed E-state index contributed by atoms with van der Waals surface area (Å²) in [5.41, 5.74) is 4.86. The number of nitrogens with one attached hydrogen (secondary N) is 1. The summed E-state index contributed by atoms with van der Waals surface area (Å²) < 4.78 is 23.1. The third-order valence-corrected chi connectivity index (χ3v) is 6.65. The summed E-state index contributed by atoms with van der Waals surface area (Å²) in [6.45, 7) is 6.01. The molecule has 0 fully saturated rings. The molecule has 0 saturated carbocycles. The third kappa shape index (κ3) is 4.15. The molecule has 0 saturated heterocycles. The van der Waals surface area contributed by atoms with Crippen LogP contribution in [0.2, 0.25) is 0 Å². The first-order valence-electron chi connectivity index (χ1n) is 9.02. The average molecular weight is 384 g/mol. The summed E-state index contributed by atoms with van der Waals surface area (Å²) in [5, 5.41) is 17.4. The van der Waals surface area contributed by atoms with Crippen molar-refractivity contribution in [2.75, 3.05) is 5.32 Å². The van der Waals surface area contributed by atoms with Crippen LogP contribution in [0, 0.1) is 11.3 Å². The molecule has 0 spiro atoms. The lowest BCUT2D eigenvalue weighted by molar-refractivity contribution is 0.427. The molecular formula is C21H25N3O2S. The van der Waals surface area contributed by atoms with Gasteiger partial charge < -0.3 is 5.32 Å². The van der Waals surface area contributed by atoms with Crippen LogP contribution in [0.5, 0.6) is 0 Å². The quantitative estimate of drug-likeness (QED) is 0.843. The van der Waals surface area contributed by atoms with E-state index in [2.05, 4.69) is 37.4 Å². The van der Waals surface area contributed by atoms with Crippen molar-refractivity contribution in [3.05, 3.63) is 64.7 Å². The van der Waals surface area contributed by atoms with Gasteiger partial charge in [-0.2, -0.15) is 5.26 Å². The predicted octanol–water partition coefficient (Wildman–Crippen LogP) is 3.61. The predicted molar refractivity (Wildman–Crippen MR) is 108 cm³/mol. The highest BCUT2D eigenvalue weighted by Crippen LogP contribution is 2.44. The molecule has 1 heterocycles. The van der Waals surface area contributed by atoms with Crippen LogP contribution >= 0.6 is 0 Å². The van der Waals surface area contributed by atoms with Gasteiger partial charge >= 0.3 is 0 Å². The van der Waals surface area contributed by atoms with E-state index in [1.54, 1.807) is 6.92 Å². The van der Waals surface area contributed by atoms with Crippen LogP contribution < -0.4 is 10.5 Å². The van der Waals surface area contributed by atoms with Gasteiger partial charge in [-0.15, -0.1) is 0 Å². The second kappa shape index (κ2) is 6.99. The monoisotopic (exact) mass is 383 g/mol. The first-order valence-corrected chi connectivity index (χ1v) is 10.6. The smallest absolute Gasteiger partial charge is 0.212 e. The lowest BCUT2D eigenvalue weighted by atomic mass is 9.73. The van der Waals surface area contributed by atoms with Gasteiger partial charge in [-0.25, -0.2) is 13.6 Å². The van der Waals surface area contributed by atoms with E-state index >= 15 is 0 Å². The van der Waals surface area contributed by atoms with E-state index in [1.807, 2.05) is 30.3 Å². The lowest BCUT2D eigenvalue weighted by Gasteiger charge is -2.39. The zero-order valence-electron chi connectivity index (χ0n) is 15.9. The zero-order chi connectivity index (χ0) is 19.8. The summed E-state index contributed by atoms with van der Waals surface area (Å²) in [4.78, 5) is 0. The van der Waals surface area contributed by atoms with Gasteiger partial charge in [0.1, 0.15) is 0 Å². The Kier molecular flexibility index (Phi) is 5.02. The van der Waals surface area contributed by atoms with Crippen molar-refractivity contribution >= 4 is 15.7 Å². The number of rotatable bonds is 4. The second-order valence-corrected chi connectivity index (χ2v) is 9.99. The highest BCUT2D eigenvalue weighted by Gasteiger charge is 2.33. The van der Waals surface area contributed by atoms with Crippen LogP contribution in [0.1, 0.15) is 55.5 Å². The molecule has 0 radical (unpaired) electrons. The first-order chi connectivity index (χ1) is 12.6. The van der Waals surface area contributed by atoms with Crippen molar-refractivity contribution < 1.29 is 8.42 Å². The number of fused-ring (bicyclic) bond motifs is 1. The van der Waals surface area contributed by atoms with Crippen molar-refractivity contribution in [3.63, 3.8) is 0 Å². The molecule has 2 unspecified atom stereocenters. The lowest BCUT2D eigenvalue weighted by Crippen LogP contribution is -2.31. The Labute approximate surface area is 161 Å². The maximum absolute atomic E-state index is 11.5. The fourth-order valence-corrected chi connectivity index (χ4v) is 4.17. The molecule has 0 amide bonds. The number of nitriles is 1. The minimum absolute atomic E-state index is 0.0813.